The second-order valence-corrected chi connectivity index (χ2v) is 5.58. The van der Waals surface area contributed by atoms with E-state index in [2.05, 4.69) is 24.1 Å². The summed E-state index contributed by atoms with van der Waals surface area (Å²) in [6.45, 7) is 6.22. The third-order valence-electron chi connectivity index (χ3n) is 3.27. The van der Waals surface area contributed by atoms with Gasteiger partial charge < -0.3 is 10.4 Å². The molecule has 0 saturated heterocycles. The first-order valence-electron chi connectivity index (χ1n) is 6.65. The number of benzene rings is 1. The van der Waals surface area contributed by atoms with Crippen LogP contribution in [-0.4, -0.2) is 16.1 Å². The minimum Gasteiger partial charge on any atom is -0.478 e. The normalized spacial score (nSPS) is 10.7. The molecule has 0 aliphatic carbocycles. The molecule has 0 atom stereocenters. The van der Waals surface area contributed by atoms with Crippen LogP contribution in [0.1, 0.15) is 41.3 Å². The quantitative estimate of drug-likeness (QED) is 0.866. The maximum absolute atomic E-state index is 11.1. The number of hydrogen-bond donors (Lipinski definition) is 2. The molecular formula is C16H17ClN2O2. The Morgan fingerprint density at radius 2 is 2.10 bits per heavy atom. The number of hydrogen-bond acceptors (Lipinski definition) is 3. The molecule has 1 aromatic carbocycles. The zero-order chi connectivity index (χ0) is 15.6. The Kier molecular flexibility index (Phi) is 4.48. The van der Waals surface area contributed by atoms with Crippen LogP contribution in [0.3, 0.4) is 0 Å². The minimum atomic E-state index is -1.07. The molecule has 2 aromatic rings. The van der Waals surface area contributed by atoms with Crippen molar-refractivity contribution in [3.05, 3.63) is 52.2 Å². The van der Waals surface area contributed by atoms with Gasteiger partial charge >= 0.3 is 5.97 Å². The second kappa shape index (κ2) is 6.14. The van der Waals surface area contributed by atoms with Gasteiger partial charge in [-0.1, -0.05) is 43.6 Å². The Hall–Kier alpha value is -2.07. The molecule has 1 aromatic heterocycles. The van der Waals surface area contributed by atoms with Gasteiger partial charge in [0.15, 0.2) is 0 Å². The fourth-order valence-electron chi connectivity index (χ4n) is 2.14. The van der Waals surface area contributed by atoms with Gasteiger partial charge in [0, 0.05) is 11.9 Å². The van der Waals surface area contributed by atoms with Crippen LogP contribution in [0.15, 0.2) is 30.5 Å². The van der Waals surface area contributed by atoms with E-state index >= 15 is 0 Å². The van der Waals surface area contributed by atoms with Crippen molar-refractivity contribution in [2.45, 2.75) is 26.7 Å². The number of aromatic nitrogens is 1. The highest BCUT2D eigenvalue weighted by atomic mass is 35.5. The lowest BCUT2D eigenvalue weighted by atomic mass is 9.98. The summed E-state index contributed by atoms with van der Waals surface area (Å²) in [5.74, 6) is -0.258. The Labute approximate surface area is 128 Å². The molecule has 0 saturated carbocycles. The van der Waals surface area contributed by atoms with Crippen molar-refractivity contribution < 1.29 is 9.90 Å². The molecule has 21 heavy (non-hydrogen) atoms. The Bertz CT molecular complexity index is 684. The van der Waals surface area contributed by atoms with E-state index in [9.17, 15) is 4.79 Å². The van der Waals surface area contributed by atoms with E-state index in [0.717, 1.165) is 16.8 Å². The summed E-state index contributed by atoms with van der Waals surface area (Å²) in [4.78, 5) is 15.3. The van der Waals surface area contributed by atoms with Crippen LogP contribution in [0.5, 0.6) is 0 Å². The van der Waals surface area contributed by atoms with Gasteiger partial charge in [0.1, 0.15) is 5.82 Å². The molecule has 5 heteroatoms. The van der Waals surface area contributed by atoms with Gasteiger partial charge in [-0.05, 0) is 30.0 Å². The molecule has 0 aliphatic heterocycles. The SMILES string of the molecule is Cc1cccc(C(C)C)c1Nc1cc(C(=O)O)c(Cl)cn1. The zero-order valence-electron chi connectivity index (χ0n) is 12.1. The highest BCUT2D eigenvalue weighted by Gasteiger charge is 2.13. The lowest BCUT2D eigenvalue weighted by molar-refractivity contribution is 0.0697. The molecule has 0 bridgehead atoms. The van der Waals surface area contributed by atoms with Gasteiger partial charge in [-0.25, -0.2) is 9.78 Å². The van der Waals surface area contributed by atoms with Crippen molar-refractivity contribution in [3.63, 3.8) is 0 Å². The zero-order valence-corrected chi connectivity index (χ0v) is 12.9. The van der Waals surface area contributed by atoms with Gasteiger partial charge in [0.05, 0.1) is 10.6 Å². The van der Waals surface area contributed by atoms with Crippen LogP contribution >= 0.6 is 11.6 Å². The molecule has 0 radical (unpaired) electrons. The first-order valence-corrected chi connectivity index (χ1v) is 7.03. The van der Waals surface area contributed by atoms with Crippen molar-refractivity contribution in [3.8, 4) is 0 Å². The van der Waals surface area contributed by atoms with E-state index in [4.69, 9.17) is 16.7 Å². The van der Waals surface area contributed by atoms with Crippen molar-refractivity contribution in [1.29, 1.82) is 0 Å². The predicted molar refractivity (Wildman–Crippen MR) is 84.8 cm³/mol. The number of pyridine rings is 1. The summed E-state index contributed by atoms with van der Waals surface area (Å²) in [6, 6.07) is 7.51. The highest BCUT2D eigenvalue weighted by molar-refractivity contribution is 6.33. The average Bonchev–Trinajstić information content (AvgIpc) is 2.42. The monoisotopic (exact) mass is 304 g/mol. The summed E-state index contributed by atoms with van der Waals surface area (Å²) in [7, 11) is 0. The van der Waals surface area contributed by atoms with E-state index in [1.807, 2.05) is 25.1 Å². The molecule has 0 aliphatic rings. The summed E-state index contributed by atoms with van der Waals surface area (Å²) >= 11 is 5.84. The summed E-state index contributed by atoms with van der Waals surface area (Å²) < 4.78 is 0. The summed E-state index contributed by atoms with van der Waals surface area (Å²) in [5.41, 5.74) is 3.23. The van der Waals surface area contributed by atoms with Crippen molar-refractivity contribution in [2.75, 3.05) is 5.32 Å². The van der Waals surface area contributed by atoms with Crippen LogP contribution in [-0.2, 0) is 0 Å². The van der Waals surface area contributed by atoms with Crippen LogP contribution in [0.4, 0.5) is 11.5 Å². The summed E-state index contributed by atoms with van der Waals surface area (Å²) in [5, 5.41) is 12.5. The lowest BCUT2D eigenvalue weighted by Gasteiger charge is -2.17. The van der Waals surface area contributed by atoms with Crippen molar-refractivity contribution in [2.24, 2.45) is 0 Å². The minimum absolute atomic E-state index is 0.0360. The number of aromatic carboxylic acids is 1. The van der Waals surface area contributed by atoms with Gasteiger partial charge in [-0.2, -0.15) is 0 Å². The number of aryl methyl sites for hydroxylation is 1. The van der Waals surface area contributed by atoms with Crippen molar-refractivity contribution in [1.82, 2.24) is 4.98 Å². The molecule has 2 N–H and O–H groups in total. The summed E-state index contributed by atoms with van der Waals surface area (Å²) in [6.07, 6.45) is 1.35. The second-order valence-electron chi connectivity index (χ2n) is 5.17. The van der Waals surface area contributed by atoms with Gasteiger partial charge in [-0.15, -0.1) is 0 Å². The number of para-hydroxylation sites is 1. The number of nitrogens with zero attached hydrogens (tertiary/aromatic N) is 1. The molecule has 0 spiro atoms. The van der Waals surface area contributed by atoms with Gasteiger partial charge in [0.2, 0.25) is 0 Å². The number of carboxylic acids is 1. The Morgan fingerprint density at radius 3 is 2.71 bits per heavy atom. The van der Waals surface area contributed by atoms with Gasteiger partial charge in [-0.3, -0.25) is 0 Å². The van der Waals surface area contributed by atoms with E-state index < -0.39 is 5.97 Å². The Balaban J connectivity index is 2.43. The maximum Gasteiger partial charge on any atom is 0.337 e. The van der Waals surface area contributed by atoms with Gasteiger partial charge in [0.25, 0.3) is 0 Å². The number of halogens is 1. The molecule has 110 valence electrons. The third kappa shape index (κ3) is 3.34. The number of carbonyl (C=O) groups is 1. The standard InChI is InChI=1S/C16H17ClN2O2/c1-9(2)11-6-4-5-10(3)15(11)19-14-7-12(16(20)21)13(17)8-18-14/h4-9H,1-3H3,(H,18,19)(H,20,21). The van der Waals surface area contributed by atoms with E-state index in [1.165, 1.54) is 12.3 Å². The molecule has 4 nitrogen and oxygen atoms in total. The topological polar surface area (TPSA) is 62.2 Å². The predicted octanol–water partition coefficient (Wildman–Crippen LogP) is 4.61. The molecule has 0 amide bonds. The third-order valence-corrected chi connectivity index (χ3v) is 3.57. The molecule has 0 fully saturated rings. The van der Waals surface area contributed by atoms with Crippen molar-refractivity contribution >= 4 is 29.1 Å². The van der Waals surface area contributed by atoms with E-state index in [0.29, 0.717) is 11.7 Å². The number of carboxylic acid groups (broad SMARTS) is 1. The Morgan fingerprint density at radius 1 is 1.38 bits per heavy atom. The highest BCUT2D eigenvalue weighted by Crippen LogP contribution is 2.30. The number of nitrogens with one attached hydrogen (secondary N) is 1. The number of rotatable bonds is 4. The van der Waals surface area contributed by atoms with E-state index in [-0.39, 0.29) is 10.6 Å². The molecule has 2 rings (SSSR count). The fourth-order valence-corrected chi connectivity index (χ4v) is 2.33. The van der Waals surface area contributed by atoms with Crippen LogP contribution in [0, 0.1) is 6.92 Å². The smallest absolute Gasteiger partial charge is 0.337 e. The molecule has 0 unspecified atom stereocenters. The van der Waals surface area contributed by atoms with Crippen LogP contribution < -0.4 is 5.32 Å². The number of anilines is 2. The average molecular weight is 305 g/mol. The maximum atomic E-state index is 11.1. The van der Waals surface area contributed by atoms with E-state index in [1.54, 1.807) is 0 Å². The molecule has 1 heterocycles. The van der Waals surface area contributed by atoms with Crippen LogP contribution in [0.25, 0.3) is 0 Å². The first-order chi connectivity index (χ1) is 9.90. The van der Waals surface area contributed by atoms with Crippen LogP contribution in [0.2, 0.25) is 5.02 Å². The fraction of sp³-hybridized carbons (Fsp3) is 0.250. The molecular weight excluding hydrogens is 288 g/mol. The lowest BCUT2D eigenvalue weighted by Crippen LogP contribution is -2.04. The first kappa shape index (κ1) is 15.3. The largest absolute Gasteiger partial charge is 0.478 e.